The van der Waals surface area contributed by atoms with Gasteiger partial charge in [0.1, 0.15) is 10.5 Å². The number of fused-ring (bicyclic) bond motifs is 1. The predicted molar refractivity (Wildman–Crippen MR) is 216 cm³/mol. The van der Waals surface area contributed by atoms with Crippen LogP contribution in [0.4, 0.5) is 24.7 Å². The van der Waals surface area contributed by atoms with Crippen LogP contribution in [-0.4, -0.2) is 45.6 Å². The fourth-order valence-electron chi connectivity index (χ4n) is 7.21. The second-order valence-electron chi connectivity index (χ2n) is 14.1. The molecule has 1 amide bonds. The molecule has 2 aliphatic rings. The van der Waals surface area contributed by atoms with Gasteiger partial charge in [-0.25, -0.2) is 9.97 Å². The van der Waals surface area contributed by atoms with Crippen LogP contribution < -0.4 is 21.3 Å². The van der Waals surface area contributed by atoms with Crippen molar-refractivity contribution in [3.05, 3.63) is 104 Å². The zero-order valence-corrected chi connectivity index (χ0v) is 32.4. The molecule has 1 aliphatic carbocycles. The normalized spacial score (nSPS) is 18.8. The third-order valence-electron chi connectivity index (χ3n) is 10.2. The molecular weight excluding hydrogens is 784 g/mol. The van der Waals surface area contributed by atoms with E-state index in [0.29, 0.717) is 88.2 Å². The van der Waals surface area contributed by atoms with Gasteiger partial charge in [-0.1, -0.05) is 71.8 Å². The van der Waals surface area contributed by atoms with Crippen molar-refractivity contribution in [2.24, 2.45) is 5.92 Å². The molecule has 0 spiro atoms. The molecule has 1 aliphatic heterocycles. The van der Waals surface area contributed by atoms with Crippen molar-refractivity contribution in [3.8, 4) is 11.1 Å². The van der Waals surface area contributed by atoms with Crippen molar-refractivity contribution in [2.75, 3.05) is 11.9 Å². The van der Waals surface area contributed by atoms with E-state index in [4.69, 9.17) is 28.2 Å². The highest BCUT2D eigenvalue weighted by Gasteiger charge is 2.33. The molecule has 292 valence electrons. The highest BCUT2D eigenvalue weighted by Crippen LogP contribution is 2.41. The van der Waals surface area contributed by atoms with Gasteiger partial charge in [0.05, 0.1) is 31.9 Å². The number of halogens is 5. The highest BCUT2D eigenvalue weighted by molar-refractivity contribution is 7.18. The summed E-state index contributed by atoms with van der Waals surface area (Å²) in [5.74, 6) is -0.461. The average Bonchev–Trinajstić information content (AvgIpc) is 3.80. The number of aliphatic carboxylic acids is 1. The van der Waals surface area contributed by atoms with E-state index in [9.17, 15) is 27.9 Å². The van der Waals surface area contributed by atoms with Gasteiger partial charge in [0.15, 0.2) is 5.82 Å². The Bertz CT molecular complexity index is 2280. The molecule has 3 heterocycles. The molecule has 5 aromatic rings. The summed E-state index contributed by atoms with van der Waals surface area (Å²) in [6, 6.07) is 17.0. The van der Waals surface area contributed by atoms with Crippen LogP contribution in [-0.2, 0) is 28.9 Å². The number of nitrogens with one attached hydrogen (secondary N) is 4. The molecule has 1 saturated heterocycles. The van der Waals surface area contributed by atoms with Gasteiger partial charge >= 0.3 is 12.1 Å². The number of alkyl halides is 3. The zero-order chi connectivity index (χ0) is 39.4. The van der Waals surface area contributed by atoms with E-state index < -0.39 is 17.7 Å². The maximum Gasteiger partial charge on any atom is 0.416 e. The van der Waals surface area contributed by atoms with Gasteiger partial charge in [-0.05, 0) is 73.1 Å². The van der Waals surface area contributed by atoms with E-state index in [1.165, 1.54) is 18.2 Å². The van der Waals surface area contributed by atoms with Crippen molar-refractivity contribution in [1.82, 2.24) is 25.9 Å². The fourth-order valence-corrected chi connectivity index (χ4v) is 8.69. The Hall–Kier alpha value is -4.53. The van der Waals surface area contributed by atoms with Crippen LogP contribution in [0, 0.1) is 5.92 Å². The first-order valence-corrected chi connectivity index (χ1v) is 19.9. The summed E-state index contributed by atoms with van der Waals surface area (Å²) in [7, 11) is 0. The number of amides is 1. The molecule has 15 heteroatoms. The average molecular weight is 824 g/mol. The monoisotopic (exact) mass is 822 g/mol. The van der Waals surface area contributed by atoms with Gasteiger partial charge in [-0.2, -0.15) is 13.2 Å². The lowest BCUT2D eigenvalue weighted by Gasteiger charge is -2.26. The number of hydrogen-bond donors (Lipinski definition) is 5. The Morgan fingerprint density at radius 2 is 1.70 bits per heavy atom. The van der Waals surface area contributed by atoms with Crippen LogP contribution in [0.2, 0.25) is 10.0 Å². The minimum absolute atomic E-state index is 0.00203. The van der Waals surface area contributed by atoms with E-state index in [1.807, 2.05) is 24.3 Å². The number of nitrogens with zero attached hydrogens (tertiary/aromatic N) is 2. The first-order chi connectivity index (χ1) is 26.9. The van der Waals surface area contributed by atoms with Gasteiger partial charge < -0.3 is 26.4 Å². The van der Waals surface area contributed by atoms with E-state index in [0.717, 1.165) is 35.0 Å². The zero-order valence-electron chi connectivity index (χ0n) is 30.1. The van der Waals surface area contributed by atoms with Gasteiger partial charge in [-0.3, -0.25) is 9.59 Å². The summed E-state index contributed by atoms with van der Waals surface area (Å²) in [6.45, 7) is 1.42. The molecule has 0 radical (unpaired) electrons. The van der Waals surface area contributed by atoms with Gasteiger partial charge in [0.2, 0.25) is 5.91 Å². The van der Waals surface area contributed by atoms with Crippen molar-refractivity contribution in [2.45, 2.75) is 69.9 Å². The fraction of sp³-hybridized carbons (Fsp3) is 0.317. The quantitative estimate of drug-likeness (QED) is 0.0744. The van der Waals surface area contributed by atoms with Crippen molar-refractivity contribution in [1.29, 1.82) is 0 Å². The molecule has 2 aromatic heterocycles. The van der Waals surface area contributed by atoms with Crippen LogP contribution in [0.5, 0.6) is 0 Å². The summed E-state index contributed by atoms with van der Waals surface area (Å²) >= 11 is 15.5. The molecule has 9 nitrogen and oxygen atoms in total. The van der Waals surface area contributed by atoms with Crippen LogP contribution in [0.25, 0.3) is 33.5 Å². The van der Waals surface area contributed by atoms with Gasteiger partial charge in [-0.15, -0.1) is 11.3 Å². The van der Waals surface area contributed by atoms with Crippen molar-refractivity contribution < 1.29 is 27.9 Å². The maximum atomic E-state index is 14.1. The Kier molecular flexibility index (Phi) is 12.3. The van der Waals surface area contributed by atoms with Gasteiger partial charge in [0.25, 0.3) is 0 Å². The number of carboxylic acids is 1. The number of thiazole rings is 1. The summed E-state index contributed by atoms with van der Waals surface area (Å²) < 4.78 is 43.1. The number of hydrogen-bond acceptors (Lipinski definition) is 8. The summed E-state index contributed by atoms with van der Waals surface area (Å²) in [6.07, 6.45) is 4.27. The van der Waals surface area contributed by atoms with Crippen LogP contribution >= 0.6 is 34.5 Å². The van der Waals surface area contributed by atoms with Crippen LogP contribution in [0.15, 0.2) is 66.9 Å². The smallest absolute Gasteiger partial charge is 0.416 e. The number of aromatic nitrogens is 2. The van der Waals surface area contributed by atoms with Crippen LogP contribution in [0.1, 0.15) is 65.8 Å². The lowest BCUT2D eigenvalue weighted by molar-refractivity contribution is -0.143. The third-order valence-corrected chi connectivity index (χ3v) is 12.1. The molecule has 2 fully saturated rings. The Labute approximate surface area is 335 Å². The largest absolute Gasteiger partial charge is 0.481 e. The SMILES string of the molecule is O=C1CC[C@@H](CNCc2ccc(C(F)(F)F)c(/C=C/c3cccc(-c4cccc(Nc5nccc6sc(CN[C@H]7CC[C@H](C(=O)O)CC7)nc56)c4Cl)c3Cl)c2)N1. The molecule has 0 bridgehead atoms. The molecule has 5 N–H and O–H groups in total. The molecule has 7 rings (SSSR count). The molecular formula is C41H39Cl2F3N6O3S. The number of carbonyl (C=O) groups is 2. The van der Waals surface area contributed by atoms with Crippen molar-refractivity contribution in [3.63, 3.8) is 0 Å². The topological polar surface area (TPSA) is 128 Å². The number of carbonyl (C=O) groups excluding carboxylic acids is 1. The van der Waals surface area contributed by atoms with E-state index in [2.05, 4.69) is 26.3 Å². The second-order valence-corrected chi connectivity index (χ2v) is 15.9. The second kappa shape index (κ2) is 17.3. The Morgan fingerprint density at radius 1 is 0.946 bits per heavy atom. The Balaban J connectivity index is 1.07. The molecule has 1 atom stereocenters. The Morgan fingerprint density at radius 3 is 2.43 bits per heavy atom. The lowest BCUT2D eigenvalue weighted by atomic mass is 9.86. The summed E-state index contributed by atoms with van der Waals surface area (Å²) in [4.78, 5) is 32.2. The number of anilines is 2. The maximum absolute atomic E-state index is 14.1. The minimum Gasteiger partial charge on any atom is -0.481 e. The minimum atomic E-state index is -4.56. The first kappa shape index (κ1) is 39.7. The number of carboxylic acid groups (broad SMARTS) is 1. The van der Waals surface area contributed by atoms with E-state index in [-0.39, 0.29) is 29.5 Å². The molecule has 56 heavy (non-hydrogen) atoms. The first-order valence-electron chi connectivity index (χ1n) is 18.4. The molecule has 0 unspecified atom stereocenters. The number of benzene rings is 3. The molecule has 1 saturated carbocycles. The number of rotatable bonds is 13. The molecule has 3 aromatic carbocycles. The van der Waals surface area contributed by atoms with E-state index >= 15 is 0 Å². The summed E-state index contributed by atoms with van der Waals surface area (Å²) in [5, 5.41) is 23.9. The predicted octanol–water partition coefficient (Wildman–Crippen LogP) is 9.70. The third kappa shape index (κ3) is 9.35. The number of pyridine rings is 1. The van der Waals surface area contributed by atoms with Crippen LogP contribution in [0.3, 0.4) is 0 Å². The van der Waals surface area contributed by atoms with Gasteiger partial charge in [0, 0.05) is 55.5 Å². The highest BCUT2D eigenvalue weighted by atomic mass is 35.5. The lowest BCUT2D eigenvalue weighted by Crippen LogP contribution is -2.35. The van der Waals surface area contributed by atoms with E-state index in [1.54, 1.807) is 41.8 Å². The summed E-state index contributed by atoms with van der Waals surface area (Å²) in [5.41, 5.74) is 2.90. The van der Waals surface area contributed by atoms with Crippen molar-refractivity contribution >= 4 is 80.3 Å². The standard InChI is InChI=1S/C41H39Cl2F3N6O3S/c42-36-24(8-9-26-19-23(7-15-31(26)41(44,45)46)20-47-21-28-14-16-34(53)50-28)3-1-4-29(36)30-5-2-6-32(37(30)43)51-39-38-33(17-18-48-39)56-35(52-38)22-49-27-12-10-25(11-13-27)40(54)55/h1-9,15,17-19,25,27-28,47,49H,10-14,16,20-22H2,(H,48,51)(H,50,53)(H,54,55)/b9-8+/t25-,27-,28-/m0/s1.